The van der Waals surface area contributed by atoms with Crippen LogP contribution in [0.15, 0.2) is 12.3 Å². The molecule has 0 aliphatic rings. The molecule has 0 aliphatic heterocycles. The van der Waals surface area contributed by atoms with Crippen molar-refractivity contribution in [1.29, 1.82) is 0 Å². The van der Waals surface area contributed by atoms with Crippen molar-refractivity contribution in [2.75, 3.05) is 0 Å². The maximum atomic E-state index is 4.20. The Labute approximate surface area is 37.3 Å². The minimum Gasteiger partial charge on any atom is -0.437 e. The topological polar surface area (TPSA) is 9.23 Å². The SMILES string of the molecule is C/C=C/OS. The van der Waals surface area contributed by atoms with E-state index < -0.39 is 0 Å². The molecular formula is C3H6OS. The average Bonchev–Trinajstić information content (AvgIpc) is 1.41. The van der Waals surface area contributed by atoms with Gasteiger partial charge < -0.3 is 4.18 Å². The Morgan fingerprint density at radius 2 is 2.40 bits per heavy atom. The molecule has 0 fully saturated rings. The second kappa shape index (κ2) is 3.89. The van der Waals surface area contributed by atoms with Crippen molar-refractivity contribution in [2.45, 2.75) is 6.92 Å². The summed E-state index contributed by atoms with van der Waals surface area (Å²) in [5.41, 5.74) is 0. The van der Waals surface area contributed by atoms with E-state index in [1.807, 2.05) is 6.92 Å². The molecule has 0 rings (SSSR count). The average molecular weight is 90.1 g/mol. The molecule has 0 radical (unpaired) electrons. The molecule has 0 unspecified atom stereocenters. The quantitative estimate of drug-likeness (QED) is 0.291. The van der Waals surface area contributed by atoms with Crippen LogP contribution in [0.25, 0.3) is 0 Å². The Morgan fingerprint density at radius 3 is 2.40 bits per heavy atom. The van der Waals surface area contributed by atoms with Crippen LogP contribution in [0.3, 0.4) is 0 Å². The van der Waals surface area contributed by atoms with Gasteiger partial charge in [0, 0.05) is 12.9 Å². The minimum absolute atomic E-state index is 1.49. The third kappa shape index (κ3) is 3.89. The Kier molecular flexibility index (Phi) is 3.80. The summed E-state index contributed by atoms with van der Waals surface area (Å²) < 4.78 is 4.20. The third-order valence-electron chi connectivity index (χ3n) is 0.197. The van der Waals surface area contributed by atoms with E-state index in [2.05, 4.69) is 17.1 Å². The van der Waals surface area contributed by atoms with Crippen LogP contribution in [0.5, 0.6) is 0 Å². The first-order valence-electron chi connectivity index (χ1n) is 1.33. The summed E-state index contributed by atoms with van der Waals surface area (Å²) in [5, 5.41) is 0. The highest BCUT2D eigenvalue weighted by molar-refractivity contribution is 7.75. The first-order chi connectivity index (χ1) is 2.41. The summed E-state index contributed by atoms with van der Waals surface area (Å²) >= 11 is 3.41. The summed E-state index contributed by atoms with van der Waals surface area (Å²) in [6, 6.07) is 0. The number of thiol groups is 1. The summed E-state index contributed by atoms with van der Waals surface area (Å²) in [5.74, 6) is 0. The van der Waals surface area contributed by atoms with Crippen LogP contribution in [-0.4, -0.2) is 0 Å². The van der Waals surface area contributed by atoms with Gasteiger partial charge in [0.05, 0.1) is 6.26 Å². The second-order valence-corrected chi connectivity index (χ2v) is 0.786. The molecule has 2 heteroatoms. The molecule has 0 aromatic rings. The van der Waals surface area contributed by atoms with Crippen LogP contribution in [0.2, 0.25) is 0 Å². The van der Waals surface area contributed by atoms with E-state index in [4.69, 9.17) is 0 Å². The maximum absolute atomic E-state index is 4.20. The van der Waals surface area contributed by atoms with E-state index in [0.29, 0.717) is 0 Å². The molecule has 0 atom stereocenters. The summed E-state index contributed by atoms with van der Waals surface area (Å²) in [7, 11) is 0. The Morgan fingerprint density at radius 1 is 1.80 bits per heavy atom. The molecule has 0 aliphatic carbocycles. The Balaban J connectivity index is 2.62. The molecule has 0 aromatic carbocycles. The van der Waals surface area contributed by atoms with Crippen molar-refractivity contribution in [3.8, 4) is 0 Å². The maximum Gasteiger partial charge on any atom is 0.0963 e. The normalized spacial score (nSPS) is 9.20. The van der Waals surface area contributed by atoms with Crippen LogP contribution in [0, 0.1) is 0 Å². The van der Waals surface area contributed by atoms with Gasteiger partial charge in [-0.2, -0.15) is 0 Å². The van der Waals surface area contributed by atoms with Crippen LogP contribution in [0.1, 0.15) is 6.92 Å². The lowest BCUT2D eigenvalue weighted by atomic mass is 10.8. The first kappa shape index (κ1) is 4.89. The minimum atomic E-state index is 1.49. The van der Waals surface area contributed by atoms with Gasteiger partial charge in [-0.25, -0.2) is 0 Å². The van der Waals surface area contributed by atoms with Gasteiger partial charge in [0.25, 0.3) is 0 Å². The Hall–Kier alpha value is -0.110. The molecule has 0 spiro atoms. The fourth-order valence-electron chi connectivity index (χ4n) is 0.0609. The second-order valence-electron chi connectivity index (χ2n) is 0.575. The van der Waals surface area contributed by atoms with E-state index >= 15 is 0 Å². The summed E-state index contributed by atoms with van der Waals surface area (Å²) in [6.07, 6.45) is 3.25. The predicted octanol–water partition coefficient (Wildman–Crippen LogP) is 1.38. The smallest absolute Gasteiger partial charge is 0.0963 e. The highest BCUT2D eigenvalue weighted by atomic mass is 32.1. The predicted molar refractivity (Wildman–Crippen MR) is 24.9 cm³/mol. The van der Waals surface area contributed by atoms with Crippen molar-refractivity contribution in [3.63, 3.8) is 0 Å². The van der Waals surface area contributed by atoms with Gasteiger partial charge in [-0.1, -0.05) is 6.08 Å². The summed E-state index contributed by atoms with van der Waals surface area (Å²) in [4.78, 5) is 0. The molecular weight excluding hydrogens is 84.1 g/mol. The molecule has 1 nitrogen and oxygen atoms in total. The Bertz CT molecular complexity index is 33.9. The van der Waals surface area contributed by atoms with Crippen LogP contribution in [0.4, 0.5) is 0 Å². The van der Waals surface area contributed by atoms with Crippen LogP contribution >= 0.6 is 12.9 Å². The molecule has 5 heavy (non-hydrogen) atoms. The van der Waals surface area contributed by atoms with Gasteiger partial charge in [0.15, 0.2) is 0 Å². The first-order valence-corrected chi connectivity index (χ1v) is 1.69. The summed E-state index contributed by atoms with van der Waals surface area (Å²) in [6.45, 7) is 1.86. The van der Waals surface area contributed by atoms with E-state index in [1.165, 1.54) is 6.26 Å². The number of hydrogen-bond acceptors (Lipinski definition) is 2. The number of allylic oxidation sites excluding steroid dienone is 1. The van der Waals surface area contributed by atoms with E-state index in [1.54, 1.807) is 6.08 Å². The monoisotopic (exact) mass is 90.0 g/mol. The van der Waals surface area contributed by atoms with Gasteiger partial charge in [0.1, 0.15) is 0 Å². The largest absolute Gasteiger partial charge is 0.437 e. The molecule has 0 aromatic heterocycles. The lowest BCUT2D eigenvalue weighted by molar-refractivity contribution is 0.576. The van der Waals surface area contributed by atoms with Gasteiger partial charge in [0.2, 0.25) is 0 Å². The number of rotatable bonds is 1. The van der Waals surface area contributed by atoms with Gasteiger partial charge in [-0.05, 0) is 6.92 Å². The van der Waals surface area contributed by atoms with Crippen molar-refractivity contribution in [2.24, 2.45) is 0 Å². The number of hydrogen-bond donors (Lipinski definition) is 1. The molecule has 0 amide bonds. The van der Waals surface area contributed by atoms with Gasteiger partial charge >= 0.3 is 0 Å². The van der Waals surface area contributed by atoms with Crippen LogP contribution < -0.4 is 0 Å². The fourth-order valence-corrected chi connectivity index (χ4v) is 0.183. The highest BCUT2D eigenvalue weighted by Gasteiger charge is 1.48. The van der Waals surface area contributed by atoms with Crippen molar-refractivity contribution < 1.29 is 4.18 Å². The molecule has 0 saturated heterocycles. The van der Waals surface area contributed by atoms with E-state index in [0.717, 1.165) is 0 Å². The van der Waals surface area contributed by atoms with E-state index in [-0.39, 0.29) is 0 Å². The molecule has 0 heterocycles. The zero-order valence-corrected chi connectivity index (χ0v) is 3.90. The van der Waals surface area contributed by atoms with Gasteiger partial charge in [-0.3, -0.25) is 0 Å². The van der Waals surface area contributed by atoms with Crippen molar-refractivity contribution in [3.05, 3.63) is 12.3 Å². The van der Waals surface area contributed by atoms with E-state index in [9.17, 15) is 0 Å². The standard InChI is InChI=1S/C3H6OS/c1-2-3-4-5/h2-3,5H,1H3/b3-2+. The fraction of sp³-hybridized carbons (Fsp3) is 0.333. The van der Waals surface area contributed by atoms with Crippen molar-refractivity contribution in [1.82, 2.24) is 0 Å². The molecule has 0 N–H and O–H groups in total. The highest BCUT2D eigenvalue weighted by Crippen LogP contribution is 1.76. The lowest BCUT2D eigenvalue weighted by Gasteiger charge is -1.73. The zero-order chi connectivity index (χ0) is 4.12. The third-order valence-corrected chi connectivity index (χ3v) is 0.319. The van der Waals surface area contributed by atoms with Crippen LogP contribution in [-0.2, 0) is 4.18 Å². The zero-order valence-electron chi connectivity index (χ0n) is 3.01. The van der Waals surface area contributed by atoms with Gasteiger partial charge in [-0.15, -0.1) is 0 Å². The van der Waals surface area contributed by atoms with Crippen molar-refractivity contribution >= 4 is 12.9 Å². The molecule has 30 valence electrons. The molecule has 0 bridgehead atoms. The molecule has 0 saturated carbocycles. The lowest BCUT2D eigenvalue weighted by Crippen LogP contribution is -1.45.